The van der Waals surface area contributed by atoms with Crippen LogP contribution in [0, 0.1) is 16.0 Å². The molecule has 0 spiro atoms. The molecule has 0 saturated carbocycles. The summed E-state index contributed by atoms with van der Waals surface area (Å²) in [6.07, 6.45) is 4.09. The minimum Gasteiger partial charge on any atom is -0.480 e. The molecule has 2 aromatic carbocycles. The zero-order valence-electron chi connectivity index (χ0n) is 28.0. The monoisotopic (exact) mass is 731 g/mol. The van der Waals surface area contributed by atoms with Gasteiger partial charge >= 0.3 is 13.8 Å². The van der Waals surface area contributed by atoms with Crippen LogP contribution in [0.3, 0.4) is 0 Å². The Hall–Kier alpha value is -5.32. The van der Waals surface area contributed by atoms with Crippen molar-refractivity contribution >= 4 is 37.2 Å². The Morgan fingerprint density at radius 1 is 0.941 bits per heavy atom. The third-order valence-corrected chi connectivity index (χ3v) is 8.19. The lowest BCUT2D eigenvalue weighted by atomic mass is 10.0. The van der Waals surface area contributed by atoms with E-state index in [9.17, 15) is 43.9 Å². The first-order valence-electron chi connectivity index (χ1n) is 16.0. The normalized spacial score (nSPS) is 14.0. The second-order valence-corrected chi connectivity index (χ2v) is 13.3. The molecule has 8 N–H and O–H groups in total. The highest BCUT2D eigenvalue weighted by molar-refractivity contribution is 7.48. The number of unbranched alkanes of at least 4 members (excludes halogenated alkanes) is 1. The first-order chi connectivity index (χ1) is 24.1. The molecule has 3 amide bonds. The standard InChI is InChI=1S/C32H42N7O11P/c1-20(2)15-27(31(42)38-28(32(43)44)17-22-18-34-19-35-22)37-30(41)26(5-3-4-14-33)36-29(40)16-21-6-10-24(11-7-21)49-51(47,48)50-25-12-8-23(9-13-25)39(45)46/h6-13,18-20,26-28H,3-5,14-17,33H2,1-2H3,(H,34,35)(H,36,40)(H,37,41)(H,38,42)(H,43,44)(H,47,48)/t26-,27-,28-/m0/s1. The number of phosphoric acid groups is 1. The molecule has 0 bridgehead atoms. The van der Waals surface area contributed by atoms with E-state index in [4.69, 9.17) is 14.8 Å². The molecular formula is C32H42N7O11P. The largest absolute Gasteiger partial charge is 0.584 e. The van der Waals surface area contributed by atoms with Crippen molar-refractivity contribution in [2.45, 2.75) is 70.5 Å². The molecule has 0 aliphatic rings. The molecule has 3 aromatic rings. The van der Waals surface area contributed by atoms with Gasteiger partial charge in [-0.05, 0) is 68.0 Å². The average Bonchev–Trinajstić information content (AvgIpc) is 3.57. The summed E-state index contributed by atoms with van der Waals surface area (Å²) >= 11 is 0. The van der Waals surface area contributed by atoms with Gasteiger partial charge in [-0.25, -0.2) is 14.3 Å². The number of carboxylic acid groups (broad SMARTS) is 1. The minimum atomic E-state index is -4.68. The van der Waals surface area contributed by atoms with Crippen LogP contribution in [0.5, 0.6) is 11.5 Å². The van der Waals surface area contributed by atoms with Crippen LogP contribution in [-0.2, 0) is 36.6 Å². The third-order valence-electron chi connectivity index (χ3n) is 7.31. The second-order valence-electron chi connectivity index (χ2n) is 12.0. The molecule has 0 aliphatic carbocycles. The maximum atomic E-state index is 13.5. The number of hydrogen-bond acceptors (Lipinski definition) is 11. The fourth-order valence-corrected chi connectivity index (χ4v) is 5.65. The van der Waals surface area contributed by atoms with Gasteiger partial charge in [-0.3, -0.25) is 29.4 Å². The van der Waals surface area contributed by atoms with Gasteiger partial charge in [-0.2, -0.15) is 0 Å². The molecule has 0 aliphatic heterocycles. The number of imidazole rings is 1. The van der Waals surface area contributed by atoms with Gasteiger partial charge in [-0.1, -0.05) is 26.0 Å². The Labute approximate surface area is 293 Å². The lowest BCUT2D eigenvalue weighted by molar-refractivity contribution is -0.384. The van der Waals surface area contributed by atoms with Crippen LogP contribution in [0.15, 0.2) is 61.1 Å². The number of aromatic nitrogens is 2. The Morgan fingerprint density at radius 3 is 2.06 bits per heavy atom. The van der Waals surface area contributed by atoms with Crippen LogP contribution in [0.25, 0.3) is 0 Å². The number of nitrogens with two attached hydrogens (primary N) is 1. The molecule has 0 fully saturated rings. The Morgan fingerprint density at radius 2 is 1.53 bits per heavy atom. The van der Waals surface area contributed by atoms with Crippen molar-refractivity contribution in [2.24, 2.45) is 11.7 Å². The van der Waals surface area contributed by atoms with E-state index in [2.05, 4.69) is 25.9 Å². The number of carbonyl (C=O) groups excluding carboxylic acids is 3. The number of carboxylic acids is 1. The van der Waals surface area contributed by atoms with Crippen LogP contribution >= 0.6 is 7.82 Å². The SMILES string of the molecule is CC(C)C[C@H](NC(=O)[C@H](CCCCN)NC(=O)Cc1ccc(OP(=O)(O)Oc2ccc([N+](=O)[O-])cc2)cc1)C(=O)N[C@@H](Cc1cnc[nH]1)C(=O)O. The first kappa shape index (κ1) is 40.1. The zero-order valence-corrected chi connectivity index (χ0v) is 28.9. The lowest BCUT2D eigenvalue weighted by Crippen LogP contribution is -2.56. The number of hydrogen-bond donors (Lipinski definition) is 7. The number of H-pyrrole nitrogens is 1. The highest BCUT2D eigenvalue weighted by Gasteiger charge is 2.30. The van der Waals surface area contributed by atoms with Crippen molar-refractivity contribution in [3.63, 3.8) is 0 Å². The predicted octanol–water partition coefficient (Wildman–Crippen LogP) is 2.38. The zero-order chi connectivity index (χ0) is 37.6. The fraction of sp³-hybridized carbons (Fsp3) is 0.406. The molecule has 1 heterocycles. The maximum Gasteiger partial charge on any atom is 0.584 e. The molecule has 0 radical (unpaired) electrons. The Kier molecular flexibility index (Phi) is 15.1. The topological polar surface area (TPSA) is 278 Å². The smallest absolute Gasteiger partial charge is 0.480 e. The second kappa shape index (κ2) is 19.2. The number of nitrogens with one attached hydrogen (secondary N) is 4. The summed E-state index contributed by atoms with van der Waals surface area (Å²) in [6.45, 7) is 4.05. The van der Waals surface area contributed by atoms with E-state index in [1.807, 2.05) is 13.8 Å². The van der Waals surface area contributed by atoms with Crippen LogP contribution in [-0.4, -0.2) is 73.3 Å². The van der Waals surface area contributed by atoms with Crippen molar-refractivity contribution in [1.82, 2.24) is 25.9 Å². The maximum absolute atomic E-state index is 13.5. The fourth-order valence-electron chi connectivity index (χ4n) is 4.84. The van der Waals surface area contributed by atoms with Crippen molar-refractivity contribution in [2.75, 3.05) is 6.54 Å². The van der Waals surface area contributed by atoms with Gasteiger partial charge in [0.2, 0.25) is 17.7 Å². The number of nitro benzene ring substituents is 1. The molecule has 3 rings (SSSR count). The van der Waals surface area contributed by atoms with Gasteiger partial charge in [0.25, 0.3) is 5.69 Å². The van der Waals surface area contributed by atoms with Crippen molar-refractivity contribution in [3.8, 4) is 11.5 Å². The Bertz CT molecular complexity index is 1670. The van der Waals surface area contributed by atoms with Gasteiger partial charge < -0.3 is 40.8 Å². The van der Waals surface area contributed by atoms with E-state index in [0.29, 0.717) is 30.6 Å². The molecule has 18 nitrogen and oxygen atoms in total. The van der Waals surface area contributed by atoms with Gasteiger partial charge in [-0.15, -0.1) is 0 Å². The number of nitrogens with zero attached hydrogens (tertiary/aromatic N) is 2. The van der Waals surface area contributed by atoms with Gasteiger partial charge in [0.05, 0.1) is 17.7 Å². The van der Waals surface area contributed by atoms with Crippen molar-refractivity contribution in [1.29, 1.82) is 0 Å². The van der Waals surface area contributed by atoms with E-state index in [-0.39, 0.29) is 48.8 Å². The summed E-state index contributed by atoms with van der Waals surface area (Å²) in [6, 6.07) is 6.69. The number of benzene rings is 2. The summed E-state index contributed by atoms with van der Waals surface area (Å²) in [5.41, 5.74) is 6.36. The van der Waals surface area contributed by atoms with Gasteiger partial charge in [0.1, 0.15) is 29.6 Å². The molecule has 1 aromatic heterocycles. The average molecular weight is 732 g/mol. The quantitative estimate of drug-likeness (QED) is 0.0359. The van der Waals surface area contributed by atoms with E-state index >= 15 is 0 Å². The summed E-state index contributed by atoms with van der Waals surface area (Å²) in [5, 5.41) is 28.4. The van der Waals surface area contributed by atoms with Gasteiger partial charge in [0, 0.05) is 30.4 Å². The minimum absolute atomic E-state index is 0.0520. The number of carbonyl (C=O) groups is 4. The van der Waals surface area contributed by atoms with E-state index in [0.717, 1.165) is 24.3 Å². The number of non-ortho nitro benzene ring substituents is 1. The molecule has 51 heavy (non-hydrogen) atoms. The summed E-state index contributed by atoms with van der Waals surface area (Å²) in [7, 11) is -4.68. The summed E-state index contributed by atoms with van der Waals surface area (Å²) in [5.74, 6) is -3.35. The number of aromatic amines is 1. The number of rotatable bonds is 21. The van der Waals surface area contributed by atoms with Crippen LogP contribution in [0.4, 0.5) is 5.69 Å². The summed E-state index contributed by atoms with van der Waals surface area (Å²) < 4.78 is 22.5. The molecule has 0 saturated heterocycles. The van der Waals surface area contributed by atoms with E-state index in [1.54, 1.807) is 0 Å². The number of nitro groups is 1. The molecule has 276 valence electrons. The van der Waals surface area contributed by atoms with Crippen molar-refractivity contribution < 1.29 is 47.7 Å². The molecular weight excluding hydrogens is 689 g/mol. The number of amides is 3. The highest BCUT2D eigenvalue weighted by Crippen LogP contribution is 2.44. The third kappa shape index (κ3) is 13.8. The molecule has 1 unspecified atom stereocenters. The van der Waals surface area contributed by atoms with Crippen molar-refractivity contribution in [3.05, 3.63) is 82.4 Å². The first-order valence-corrected chi connectivity index (χ1v) is 17.5. The van der Waals surface area contributed by atoms with Crippen LogP contribution in [0.1, 0.15) is 50.8 Å². The highest BCUT2D eigenvalue weighted by atomic mass is 31.2. The molecule has 4 atom stereocenters. The lowest BCUT2D eigenvalue weighted by Gasteiger charge is -2.25. The van der Waals surface area contributed by atoms with Crippen LogP contribution < -0.4 is 30.7 Å². The van der Waals surface area contributed by atoms with E-state index < -0.39 is 54.6 Å². The number of phosphoric ester groups is 1. The Balaban J connectivity index is 1.63. The summed E-state index contributed by atoms with van der Waals surface area (Å²) in [4.78, 5) is 78.6. The van der Waals surface area contributed by atoms with Gasteiger partial charge in [0.15, 0.2) is 0 Å². The predicted molar refractivity (Wildman–Crippen MR) is 182 cm³/mol. The van der Waals surface area contributed by atoms with Crippen LogP contribution in [0.2, 0.25) is 0 Å². The van der Waals surface area contributed by atoms with E-state index in [1.165, 1.54) is 36.8 Å². The molecule has 19 heteroatoms. The number of aliphatic carboxylic acids is 1.